The first-order valence-corrected chi connectivity index (χ1v) is 9.71. The van der Waals surface area contributed by atoms with Crippen LogP contribution in [0.2, 0.25) is 5.02 Å². The van der Waals surface area contributed by atoms with Crippen molar-refractivity contribution >= 4 is 29.1 Å². The van der Waals surface area contributed by atoms with Crippen molar-refractivity contribution in [2.45, 2.75) is 25.6 Å². The molecule has 0 amide bonds. The van der Waals surface area contributed by atoms with Crippen LogP contribution >= 0.6 is 23.4 Å². The van der Waals surface area contributed by atoms with Gasteiger partial charge in [0.1, 0.15) is 18.1 Å². The number of aromatic hydroxyl groups is 1. The number of phenols is 1. The molecule has 27 heavy (non-hydrogen) atoms. The summed E-state index contributed by atoms with van der Waals surface area (Å²) in [5, 5.41) is 24.4. The summed E-state index contributed by atoms with van der Waals surface area (Å²) in [6.07, 6.45) is 0. The molecule has 1 aliphatic rings. The third kappa shape index (κ3) is 3.65. The van der Waals surface area contributed by atoms with Crippen LogP contribution in [0.1, 0.15) is 22.5 Å². The van der Waals surface area contributed by atoms with E-state index in [2.05, 4.69) is 22.2 Å². The molecule has 8 heteroatoms. The molecule has 1 aliphatic heterocycles. The molecule has 1 aromatic heterocycles. The first kappa shape index (κ1) is 17.9. The second kappa shape index (κ2) is 7.25. The molecule has 0 unspecified atom stereocenters. The number of hydrogen-bond donors (Lipinski definition) is 1. The summed E-state index contributed by atoms with van der Waals surface area (Å²) in [4.78, 5) is 0. The highest BCUT2D eigenvalue weighted by Gasteiger charge is 2.22. The van der Waals surface area contributed by atoms with Crippen molar-refractivity contribution in [2.75, 3.05) is 5.75 Å². The molecule has 2 aromatic carbocycles. The summed E-state index contributed by atoms with van der Waals surface area (Å²) in [5.41, 5.74) is 3.70. The molecular weight excluding hydrogens is 384 g/mol. The van der Waals surface area contributed by atoms with Gasteiger partial charge >= 0.3 is 0 Å². The lowest BCUT2D eigenvalue weighted by molar-refractivity contribution is 0.289. The fourth-order valence-corrected chi connectivity index (χ4v) is 3.70. The van der Waals surface area contributed by atoms with Crippen LogP contribution in [-0.2, 0) is 6.61 Å². The van der Waals surface area contributed by atoms with E-state index in [4.69, 9.17) is 16.3 Å². The van der Waals surface area contributed by atoms with Crippen molar-refractivity contribution < 1.29 is 9.84 Å². The monoisotopic (exact) mass is 400 g/mol. The normalized spacial score (nSPS) is 13.2. The molecule has 2 heterocycles. The van der Waals surface area contributed by atoms with E-state index in [-0.39, 0.29) is 12.4 Å². The highest BCUT2D eigenvalue weighted by Crippen LogP contribution is 2.29. The third-order valence-corrected chi connectivity index (χ3v) is 5.52. The van der Waals surface area contributed by atoms with Crippen LogP contribution < -0.4 is 4.74 Å². The van der Waals surface area contributed by atoms with Gasteiger partial charge in [-0.3, -0.25) is 0 Å². The largest absolute Gasteiger partial charge is 0.507 e. The topological polar surface area (TPSA) is 72.5 Å². The smallest absolute Gasteiger partial charge is 0.212 e. The van der Waals surface area contributed by atoms with Crippen molar-refractivity contribution in [1.29, 1.82) is 0 Å². The number of halogens is 1. The molecular formula is C19H17ClN4O2S. The van der Waals surface area contributed by atoms with Crippen LogP contribution in [0.3, 0.4) is 0 Å². The van der Waals surface area contributed by atoms with Gasteiger partial charge in [0.15, 0.2) is 5.82 Å². The molecule has 0 aliphatic carbocycles. The SMILES string of the molecule is Cc1ccc(OCc2nnc3n2N=C(c2cc(Cl)ccc2O)CS3)cc1C. The number of phenolic OH excluding ortho intramolecular Hbond substituents is 1. The standard InChI is InChI=1S/C19H17ClN4O2S/c1-11-3-5-14(7-12(11)2)26-9-18-21-22-19-24(18)23-16(10-27-19)15-8-13(20)4-6-17(15)25/h3-8,25H,9-10H2,1-2H3. The quantitative estimate of drug-likeness (QED) is 0.710. The Morgan fingerprint density at radius 1 is 1.15 bits per heavy atom. The first-order valence-electron chi connectivity index (χ1n) is 8.35. The van der Waals surface area contributed by atoms with E-state index in [0.29, 0.717) is 33.0 Å². The second-order valence-corrected chi connectivity index (χ2v) is 7.62. The molecule has 4 rings (SSSR count). The number of fused-ring (bicyclic) bond motifs is 1. The second-order valence-electron chi connectivity index (χ2n) is 6.24. The van der Waals surface area contributed by atoms with Gasteiger partial charge in [0.05, 0.1) is 5.71 Å². The zero-order valence-corrected chi connectivity index (χ0v) is 16.4. The van der Waals surface area contributed by atoms with Crippen molar-refractivity contribution in [3.8, 4) is 11.5 Å². The molecule has 0 fully saturated rings. The summed E-state index contributed by atoms with van der Waals surface area (Å²) < 4.78 is 7.52. The lowest BCUT2D eigenvalue weighted by Gasteiger charge is -2.15. The Balaban J connectivity index is 1.60. The van der Waals surface area contributed by atoms with Crippen LogP contribution in [0.4, 0.5) is 0 Å². The minimum absolute atomic E-state index is 0.142. The van der Waals surface area contributed by atoms with Gasteiger partial charge in [0.25, 0.3) is 0 Å². The number of ether oxygens (including phenoxy) is 1. The van der Waals surface area contributed by atoms with Crippen LogP contribution in [0.25, 0.3) is 0 Å². The Hall–Kier alpha value is -2.51. The number of benzene rings is 2. The van der Waals surface area contributed by atoms with Gasteiger partial charge in [-0.15, -0.1) is 10.2 Å². The number of nitrogens with zero attached hydrogens (tertiary/aromatic N) is 4. The average Bonchev–Trinajstić information content (AvgIpc) is 3.07. The molecule has 6 nitrogen and oxygen atoms in total. The average molecular weight is 401 g/mol. The Morgan fingerprint density at radius 3 is 2.81 bits per heavy atom. The van der Waals surface area contributed by atoms with Crippen LogP contribution in [-0.4, -0.2) is 31.4 Å². The van der Waals surface area contributed by atoms with Gasteiger partial charge in [0.2, 0.25) is 5.16 Å². The number of aromatic nitrogens is 3. The van der Waals surface area contributed by atoms with Gasteiger partial charge in [-0.05, 0) is 55.3 Å². The van der Waals surface area contributed by atoms with Crippen molar-refractivity contribution in [1.82, 2.24) is 14.9 Å². The Kier molecular flexibility index (Phi) is 4.80. The summed E-state index contributed by atoms with van der Waals surface area (Å²) in [6.45, 7) is 4.35. The predicted octanol–water partition coefficient (Wildman–Crippen LogP) is 4.19. The van der Waals surface area contributed by atoms with Gasteiger partial charge in [-0.25, -0.2) is 0 Å². The van der Waals surface area contributed by atoms with Crippen molar-refractivity contribution in [3.05, 3.63) is 63.9 Å². The first-order chi connectivity index (χ1) is 13.0. The summed E-state index contributed by atoms with van der Waals surface area (Å²) in [6, 6.07) is 10.9. The minimum Gasteiger partial charge on any atom is -0.507 e. The molecule has 3 aromatic rings. The number of thioether (sulfide) groups is 1. The molecule has 0 spiro atoms. The maximum Gasteiger partial charge on any atom is 0.212 e. The lowest BCUT2D eigenvalue weighted by atomic mass is 10.1. The summed E-state index contributed by atoms with van der Waals surface area (Å²) in [7, 11) is 0. The number of rotatable bonds is 4. The summed E-state index contributed by atoms with van der Waals surface area (Å²) in [5.74, 6) is 2.08. The molecule has 1 N–H and O–H groups in total. The lowest BCUT2D eigenvalue weighted by Crippen LogP contribution is -2.15. The van der Waals surface area contributed by atoms with E-state index in [1.165, 1.54) is 22.9 Å². The van der Waals surface area contributed by atoms with E-state index in [0.717, 1.165) is 5.75 Å². The predicted molar refractivity (Wildman–Crippen MR) is 106 cm³/mol. The molecule has 0 radical (unpaired) electrons. The minimum atomic E-state index is 0.142. The molecule has 0 saturated carbocycles. The van der Waals surface area contributed by atoms with Gasteiger partial charge in [0, 0.05) is 16.3 Å². The molecule has 138 valence electrons. The van der Waals surface area contributed by atoms with E-state index >= 15 is 0 Å². The van der Waals surface area contributed by atoms with E-state index < -0.39 is 0 Å². The molecule has 0 atom stereocenters. The fourth-order valence-electron chi connectivity index (χ4n) is 2.68. The molecule has 0 saturated heterocycles. The van der Waals surface area contributed by atoms with Crippen LogP contribution in [0.5, 0.6) is 11.5 Å². The van der Waals surface area contributed by atoms with Crippen molar-refractivity contribution in [2.24, 2.45) is 5.10 Å². The van der Waals surface area contributed by atoms with Crippen LogP contribution in [0, 0.1) is 13.8 Å². The Labute approximate surface area is 165 Å². The summed E-state index contributed by atoms with van der Waals surface area (Å²) >= 11 is 7.57. The number of aryl methyl sites for hydroxylation is 2. The van der Waals surface area contributed by atoms with E-state index in [9.17, 15) is 5.11 Å². The zero-order valence-electron chi connectivity index (χ0n) is 14.8. The third-order valence-electron chi connectivity index (χ3n) is 4.35. The maximum atomic E-state index is 10.1. The Bertz CT molecular complexity index is 1050. The van der Waals surface area contributed by atoms with Gasteiger partial charge in [-0.2, -0.15) is 9.78 Å². The number of hydrogen-bond acceptors (Lipinski definition) is 6. The Morgan fingerprint density at radius 2 is 2.00 bits per heavy atom. The van der Waals surface area contributed by atoms with Gasteiger partial charge in [-0.1, -0.05) is 29.4 Å². The highest BCUT2D eigenvalue weighted by atomic mass is 35.5. The van der Waals surface area contributed by atoms with E-state index in [1.807, 2.05) is 25.1 Å². The zero-order chi connectivity index (χ0) is 19.0. The molecule has 0 bridgehead atoms. The van der Waals surface area contributed by atoms with Crippen molar-refractivity contribution in [3.63, 3.8) is 0 Å². The fraction of sp³-hybridized carbons (Fsp3) is 0.211. The van der Waals surface area contributed by atoms with Crippen LogP contribution in [0.15, 0.2) is 46.7 Å². The maximum absolute atomic E-state index is 10.1. The highest BCUT2D eigenvalue weighted by molar-refractivity contribution is 7.99. The van der Waals surface area contributed by atoms with E-state index in [1.54, 1.807) is 22.9 Å². The van der Waals surface area contributed by atoms with Gasteiger partial charge < -0.3 is 9.84 Å².